The van der Waals surface area contributed by atoms with Crippen molar-refractivity contribution in [2.75, 3.05) is 26.2 Å². The number of rotatable bonds is 5. The Balaban J connectivity index is 1.51. The summed E-state index contributed by atoms with van der Waals surface area (Å²) >= 11 is 0. The molecule has 6 heteroatoms. The monoisotopic (exact) mass is 354 g/mol. The number of hydrogen-bond acceptors (Lipinski definition) is 3. The highest BCUT2D eigenvalue weighted by Gasteiger charge is 2.29. The van der Waals surface area contributed by atoms with Crippen LogP contribution in [0.3, 0.4) is 0 Å². The van der Waals surface area contributed by atoms with Crippen LogP contribution in [-0.2, 0) is 10.0 Å². The van der Waals surface area contributed by atoms with Gasteiger partial charge in [0.2, 0.25) is 10.0 Å². The van der Waals surface area contributed by atoms with Crippen molar-refractivity contribution < 1.29 is 12.8 Å². The third-order valence-electron chi connectivity index (χ3n) is 5.45. The van der Waals surface area contributed by atoms with Crippen molar-refractivity contribution in [2.45, 2.75) is 43.4 Å². The van der Waals surface area contributed by atoms with Crippen LogP contribution in [0, 0.1) is 17.7 Å². The average Bonchev–Trinajstić information content (AvgIpc) is 2.61. The van der Waals surface area contributed by atoms with Gasteiger partial charge in [0.25, 0.3) is 0 Å². The Morgan fingerprint density at radius 1 is 1.04 bits per heavy atom. The third kappa shape index (κ3) is 4.35. The molecular weight excluding hydrogens is 327 g/mol. The predicted octanol–water partition coefficient (Wildman–Crippen LogP) is 3.01. The molecule has 2 saturated heterocycles. The first-order chi connectivity index (χ1) is 11.6. The summed E-state index contributed by atoms with van der Waals surface area (Å²) in [5, 5.41) is 3.39. The van der Waals surface area contributed by atoms with E-state index in [0.29, 0.717) is 19.0 Å². The molecular formula is C18H27FN2O2S. The van der Waals surface area contributed by atoms with Crippen molar-refractivity contribution >= 4 is 10.0 Å². The zero-order valence-electron chi connectivity index (χ0n) is 14.1. The molecule has 0 unspecified atom stereocenters. The minimum atomic E-state index is -3.56. The van der Waals surface area contributed by atoms with Crippen LogP contribution in [0.2, 0.25) is 0 Å². The summed E-state index contributed by atoms with van der Waals surface area (Å²) in [4.78, 5) is 0.0654. The Morgan fingerprint density at radius 2 is 1.67 bits per heavy atom. The standard InChI is InChI=1S/C18H27FN2O2S/c19-17-2-1-3-18(14-17)24(22,23)21-12-8-16(9-13-21)5-4-15-6-10-20-11-7-15/h1-3,14-16,20H,4-13H2. The highest BCUT2D eigenvalue weighted by atomic mass is 32.2. The van der Waals surface area contributed by atoms with Gasteiger partial charge in [-0.15, -0.1) is 0 Å². The minimum Gasteiger partial charge on any atom is -0.317 e. The molecule has 2 aliphatic rings. The van der Waals surface area contributed by atoms with Crippen LogP contribution in [0.5, 0.6) is 0 Å². The summed E-state index contributed by atoms with van der Waals surface area (Å²) in [7, 11) is -3.56. The lowest BCUT2D eigenvalue weighted by atomic mass is 9.86. The molecule has 134 valence electrons. The second kappa shape index (κ2) is 7.93. The van der Waals surface area contributed by atoms with E-state index in [-0.39, 0.29) is 4.90 Å². The van der Waals surface area contributed by atoms with Crippen LogP contribution >= 0.6 is 0 Å². The third-order valence-corrected chi connectivity index (χ3v) is 7.34. The first kappa shape index (κ1) is 17.8. The molecule has 0 bridgehead atoms. The number of sulfonamides is 1. The molecule has 1 aromatic rings. The van der Waals surface area contributed by atoms with Gasteiger partial charge >= 0.3 is 0 Å². The quantitative estimate of drug-likeness (QED) is 0.884. The van der Waals surface area contributed by atoms with Gasteiger partial charge in [-0.2, -0.15) is 4.31 Å². The van der Waals surface area contributed by atoms with Gasteiger partial charge in [-0.25, -0.2) is 12.8 Å². The summed E-state index contributed by atoms with van der Waals surface area (Å²) in [6.45, 7) is 3.37. The van der Waals surface area contributed by atoms with Crippen molar-refractivity contribution in [1.29, 1.82) is 0 Å². The second-order valence-corrected chi connectivity index (χ2v) is 9.01. The molecule has 1 N–H and O–H groups in total. The SMILES string of the molecule is O=S(=O)(c1cccc(F)c1)N1CCC(CCC2CCNCC2)CC1. The van der Waals surface area contributed by atoms with Crippen LogP contribution in [0.15, 0.2) is 29.2 Å². The highest BCUT2D eigenvalue weighted by molar-refractivity contribution is 7.89. The van der Waals surface area contributed by atoms with Gasteiger partial charge in [0, 0.05) is 13.1 Å². The van der Waals surface area contributed by atoms with E-state index in [1.54, 1.807) is 0 Å². The lowest BCUT2D eigenvalue weighted by Gasteiger charge is -2.32. The van der Waals surface area contributed by atoms with E-state index in [0.717, 1.165) is 37.9 Å². The molecule has 3 rings (SSSR count). The Kier molecular flexibility index (Phi) is 5.89. The van der Waals surface area contributed by atoms with Crippen LogP contribution < -0.4 is 5.32 Å². The van der Waals surface area contributed by atoms with Gasteiger partial charge in [-0.05, 0) is 68.8 Å². The van der Waals surface area contributed by atoms with Crippen LogP contribution in [-0.4, -0.2) is 38.9 Å². The molecule has 0 saturated carbocycles. The van der Waals surface area contributed by atoms with Crippen molar-refractivity contribution in [3.05, 3.63) is 30.1 Å². The number of hydrogen-bond donors (Lipinski definition) is 1. The Hall–Kier alpha value is -0.980. The fourth-order valence-electron chi connectivity index (χ4n) is 3.86. The summed E-state index contributed by atoms with van der Waals surface area (Å²) in [5.41, 5.74) is 0. The van der Waals surface area contributed by atoms with Crippen LogP contribution in [0.4, 0.5) is 4.39 Å². The molecule has 2 fully saturated rings. The zero-order chi connectivity index (χ0) is 17.0. The van der Waals surface area contributed by atoms with Gasteiger partial charge in [0.05, 0.1) is 4.90 Å². The lowest BCUT2D eigenvalue weighted by Crippen LogP contribution is -2.38. The molecule has 0 aliphatic carbocycles. The minimum absolute atomic E-state index is 0.0654. The number of nitrogens with one attached hydrogen (secondary N) is 1. The van der Waals surface area contributed by atoms with E-state index in [1.807, 2.05) is 0 Å². The molecule has 1 aromatic carbocycles. The number of piperidine rings is 2. The van der Waals surface area contributed by atoms with E-state index in [4.69, 9.17) is 0 Å². The second-order valence-electron chi connectivity index (χ2n) is 7.08. The molecule has 0 atom stereocenters. The van der Waals surface area contributed by atoms with Crippen molar-refractivity contribution in [2.24, 2.45) is 11.8 Å². The molecule has 2 heterocycles. The van der Waals surface area contributed by atoms with Crippen LogP contribution in [0.25, 0.3) is 0 Å². The van der Waals surface area contributed by atoms with Gasteiger partial charge in [-0.3, -0.25) is 0 Å². The van der Waals surface area contributed by atoms with E-state index in [9.17, 15) is 12.8 Å². The maximum absolute atomic E-state index is 13.3. The maximum atomic E-state index is 13.3. The first-order valence-electron chi connectivity index (χ1n) is 9.02. The number of halogens is 1. The number of benzene rings is 1. The zero-order valence-corrected chi connectivity index (χ0v) is 14.9. The Bertz CT molecular complexity index is 636. The molecule has 0 amide bonds. The molecule has 0 aromatic heterocycles. The maximum Gasteiger partial charge on any atom is 0.243 e. The summed E-state index contributed by atoms with van der Waals surface area (Å²) in [5.74, 6) is 0.951. The smallest absolute Gasteiger partial charge is 0.243 e. The molecule has 0 radical (unpaired) electrons. The molecule has 4 nitrogen and oxygen atoms in total. The van der Waals surface area contributed by atoms with Gasteiger partial charge in [0.15, 0.2) is 0 Å². The Labute approximate surface area is 144 Å². The molecule has 0 spiro atoms. The lowest BCUT2D eigenvalue weighted by molar-refractivity contribution is 0.239. The van der Waals surface area contributed by atoms with Crippen molar-refractivity contribution in [3.63, 3.8) is 0 Å². The fourth-order valence-corrected chi connectivity index (χ4v) is 5.36. The summed E-state index contributed by atoms with van der Waals surface area (Å²) in [6, 6.07) is 5.31. The van der Waals surface area contributed by atoms with E-state index in [1.165, 1.54) is 48.2 Å². The van der Waals surface area contributed by atoms with E-state index in [2.05, 4.69) is 5.32 Å². The summed E-state index contributed by atoms with van der Waals surface area (Å²) in [6.07, 6.45) is 6.85. The topological polar surface area (TPSA) is 49.4 Å². The first-order valence-corrected chi connectivity index (χ1v) is 10.5. The highest BCUT2D eigenvalue weighted by Crippen LogP contribution is 2.29. The molecule has 2 aliphatic heterocycles. The van der Waals surface area contributed by atoms with Gasteiger partial charge < -0.3 is 5.32 Å². The largest absolute Gasteiger partial charge is 0.317 e. The number of nitrogens with zero attached hydrogens (tertiary/aromatic N) is 1. The van der Waals surface area contributed by atoms with Gasteiger partial charge in [-0.1, -0.05) is 18.9 Å². The Morgan fingerprint density at radius 3 is 2.29 bits per heavy atom. The van der Waals surface area contributed by atoms with Crippen molar-refractivity contribution in [3.8, 4) is 0 Å². The predicted molar refractivity (Wildman–Crippen MR) is 92.7 cm³/mol. The van der Waals surface area contributed by atoms with Crippen LogP contribution in [0.1, 0.15) is 38.5 Å². The van der Waals surface area contributed by atoms with Gasteiger partial charge in [0.1, 0.15) is 5.82 Å². The summed E-state index contributed by atoms with van der Waals surface area (Å²) < 4.78 is 40.0. The average molecular weight is 354 g/mol. The van der Waals surface area contributed by atoms with E-state index < -0.39 is 15.8 Å². The van der Waals surface area contributed by atoms with E-state index >= 15 is 0 Å². The normalized spacial score (nSPS) is 21.9. The fraction of sp³-hybridized carbons (Fsp3) is 0.667. The van der Waals surface area contributed by atoms with Crippen molar-refractivity contribution in [1.82, 2.24) is 9.62 Å². The molecule has 24 heavy (non-hydrogen) atoms.